The monoisotopic (exact) mass is 475 g/mol. The van der Waals surface area contributed by atoms with Gasteiger partial charge in [-0.2, -0.15) is 0 Å². The van der Waals surface area contributed by atoms with E-state index in [1.807, 2.05) is 43.9 Å². The summed E-state index contributed by atoms with van der Waals surface area (Å²) in [6, 6.07) is 5.64. The van der Waals surface area contributed by atoms with Crippen LogP contribution in [0.1, 0.15) is 66.1 Å². The molecule has 188 valence electrons. The molecular weight excluding hydrogens is 438 g/mol. The molecule has 0 bridgehead atoms. The van der Waals surface area contributed by atoms with Gasteiger partial charge in [0.05, 0.1) is 18.8 Å². The summed E-state index contributed by atoms with van der Waals surface area (Å²) in [7, 11) is 0. The van der Waals surface area contributed by atoms with E-state index in [0.717, 1.165) is 24.2 Å². The summed E-state index contributed by atoms with van der Waals surface area (Å²) in [6.07, 6.45) is 1.42. The third-order valence-corrected chi connectivity index (χ3v) is 6.78. The maximum atomic E-state index is 12.6. The van der Waals surface area contributed by atoms with Crippen LogP contribution in [0.15, 0.2) is 18.2 Å². The number of hydrogen-bond acceptors (Lipinski definition) is 7. The fourth-order valence-electron chi connectivity index (χ4n) is 5.21. The minimum atomic E-state index is -0.510. The van der Waals surface area contributed by atoms with Crippen molar-refractivity contribution in [3.8, 4) is 11.5 Å². The molecular formula is C26H37NO7. The molecule has 1 aromatic rings. The normalized spacial score (nSPS) is 27.4. The van der Waals surface area contributed by atoms with Gasteiger partial charge in [-0.3, -0.25) is 0 Å². The van der Waals surface area contributed by atoms with Crippen molar-refractivity contribution in [1.29, 1.82) is 0 Å². The molecule has 4 atom stereocenters. The lowest BCUT2D eigenvalue weighted by atomic mass is 9.70. The fraction of sp³-hybridized carbons (Fsp3) is 0.692. The molecule has 0 spiro atoms. The first-order valence-corrected chi connectivity index (χ1v) is 12.2. The second kappa shape index (κ2) is 9.29. The van der Waals surface area contributed by atoms with Crippen LogP contribution in [0.5, 0.6) is 11.5 Å². The van der Waals surface area contributed by atoms with Crippen molar-refractivity contribution in [3.05, 3.63) is 23.8 Å². The van der Waals surface area contributed by atoms with Crippen molar-refractivity contribution in [2.24, 2.45) is 11.8 Å². The van der Waals surface area contributed by atoms with Crippen LogP contribution in [-0.2, 0) is 19.0 Å². The first kappa shape index (κ1) is 24.6. The molecule has 3 aliphatic rings. The molecule has 1 amide bonds. The first-order valence-electron chi connectivity index (χ1n) is 12.2. The van der Waals surface area contributed by atoms with E-state index in [0.29, 0.717) is 25.4 Å². The molecule has 0 aliphatic carbocycles. The van der Waals surface area contributed by atoms with Gasteiger partial charge >= 0.3 is 12.1 Å². The van der Waals surface area contributed by atoms with Crippen LogP contribution in [0, 0.1) is 11.8 Å². The zero-order valence-corrected chi connectivity index (χ0v) is 21.1. The van der Waals surface area contributed by atoms with Gasteiger partial charge in [0, 0.05) is 36.6 Å². The van der Waals surface area contributed by atoms with Crippen molar-refractivity contribution in [2.75, 3.05) is 26.3 Å². The Balaban J connectivity index is 1.47. The minimum absolute atomic E-state index is 0.0847. The Morgan fingerprint density at radius 3 is 2.71 bits per heavy atom. The number of likely N-dealkylation sites (tertiary alicyclic amines) is 1. The van der Waals surface area contributed by atoms with Crippen LogP contribution in [-0.4, -0.2) is 60.6 Å². The number of hydrogen-bond donors (Lipinski definition) is 0. The molecule has 2 fully saturated rings. The molecule has 0 radical (unpaired) electrons. The standard InChI is InChI=1S/C26H37NO7/c1-7-30-22(28)15-31-17-8-9-18-21(13-17)33-26(5,6)19-12-16-14-27(24(29)34-25(2,3)4)11-10-20(16)32-23(18)19/h8-9,13,16,19-20,23H,7,10-12,14-15H2,1-6H3/t16-,19-,20-,23+/m1/s1. The van der Waals surface area contributed by atoms with Crippen LogP contribution in [0.25, 0.3) is 0 Å². The van der Waals surface area contributed by atoms with Crippen molar-refractivity contribution >= 4 is 12.1 Å². The molecule has 0 aromatic heterocycles. The largest absolute Gasteiger partial charge is 0.487 e. The first-order chi connectivity index (χ1) is 16.0. The number of fused-ring (bicyclic) bond motifs is 4. The summed E-state index contributed by atoms with van der Waals surface area (Å²) in [5.74, 6) is 1.25. The van der Waals surface area contributed by atoms with E-state index < -0.39 is 17.2 Å². The number of piperidine rings is 1. The maximum absolute atomic E-state index is 12.6. The molecule has 3 heterocycles. The van der Waals surface area contributed by atoms with E-state index in [1.165, 1.54) is 0 Å². The summed E-state index contributed by atoms with van der Waals surface area (Å²) in [6.45, 7) is 13.0. The van der Waals surface area contributed by atoms with E-state index in [4.69, 9.17) is 23.7 Å². The smallest absolute Gasteiger partial charge is 0.410 e. The van der Waals surface area contributed by atoms with E-state index in [9.17, 15) is 9.59 Å². The third-order valence-electron chi connectivity index (χ3n) is 6.78. The Kier molecular flexibility index (Phi) is 6.73. The van der Waals surface area contributed by atoms with Crippen molar-refractivity contribution in [3.63, 3.8) is 0 Å². The summed E-state index contributed by atoms with van der Waals surface area (Å²) in [5, 5.41) is 0. The predicted octanol–water partition coefficient (Wildman–Crippen LogP) is 4.50. The Labute approximate surface area is 201 Å². The average molecular weight is 476 g/mol. The second-order valence-corrected chi connectivity index (χ2v) is 10.9. The summed E-state index contributed by atoms with van der Waals surface area (Å²) in [4.78, 5) is 26.1. The molecule has 0 saturated carbocycles. The van der Waals surface area contributed by atoms with E-state index >= 15 is 0 Å². The quantitative estimate of drug-likeness (QED) is 0.593. The lowest BCUT2D eigenvalue weighted by Gasteiger charge is -2.53. The van der Waals surface area contributed by atoms with Crippen LogP contribution >= 0.6 is 0 Å². The third kappa shape index (κ3) is 5.27. The van der Waals surface area contributed by atoms with Crippen LogP contribution in [0.4, 0.5) is 4.79 Å². The summed E-state index contributed by atoms with van der Waals surface area (Å²) >= 11 is 0. The highest BCUT2D eigenvalue weighted by molar-refractivity contribution is 5.71. The SMILES string of the molecule is CCOC(=O)COc1ccc2c(c1)OC(C)(C)[C@@H]1C[C@@H]3CN(C(=O)OC(C)(C)C)CC[C@H]3O[C@@H]21. The van der Waals surface area contributed by atoms with E-state index in [-0.39, 0.29) is 36.7 Å². The van der Waals surface area contributed by atoms with E-state index in [2.05, 4.69) is 13.8 Å². The molecule has 1 aromatic carbocycles. The van der Waals surface area contributed by atoms with Gasteiger partial charge in [0.25, 0.3) is 0 Å². The van der Waals surface area contributed by atoms with Gasteiger partial charge in [-0.15, -0.1) is 0 Å². The van der Waals surface area contributed by atoms with Gasteiger partial charge in [0.15, 0.2) is 6.61 Å². The number of ether oxygens (including phenoxy) is 5. The molecule has 8 heteroatoms. The fourth-order valence-corrected chi connectivity index (χ4v) is 5.21. The second-order valence-electron chi connectivity index (χ2n) is 10.9. The average Bonchev–Trinajstić information content (AvgIpc) is 2.75. The maximum Gasteiger partial charge on any atom is 0.410 e. The summed E-state index contributed by atoms with van der Waals surface area (Å²) in [5.41, 5.74) is 0.0290. The van der Waals surface area contributed by atoms with Gasteiger partial charge in [0.1, 0.15) is 22.7 Å². The Bertz CT molecular complexity index is 922. The summed E-state index contributed by atoms with van der Waals surface area (Å²) < 4.78 is 29.2. The zero-order chi connectivity index (χ0) is 24.7. The van der Waals surface area contributed by atoms with Crippen LogP contribution in [0.3, 0.4) is 0 Å². The van der Waals surface area contributed by atoms with Gasteiger partial charge in [-0.1, -0.05) is 0 Å². The highest BCUT2D eigenvalue weighted by atomic mass is 16.6. The Morgan fingerprint density at radius 2 is 2.00 bits per heavy atom. The lowest BCUT2D eigenvalue weighted by molar-refractivity contribution is -0.185. The van der Waals surface area contributed by atoms with Gasteiger partial charge < -0.3 is 28.6 Å². The number of rotatable bonds is 4. The van der Waals surface area contributed by atoms with Crippen molar-refractivity contribution in [1.82, 2.24) is 4.90 Å². The number of esters is 1. The van der Waals surface area contributed by atoms with Gasteiger partial charge in [0.2, 0.25) is 0 Å². The topological polar surface area (TPSA) is 83.5 Å². The Hall–Kier alpha value is -2.48. The molecule has 34 heavy (non-hydrogen) atoms. The van der Waals surface area contributed by atoms with Crippen LogP contribution < -0.4 is 9.47 Å². The number of carbonyl (C=O) groups excluding carboxylic acids is 2. The molecule has 2 saturated heterocycles. The lowest BCUT2D eigenvalue weighted by Crippen LogP contribution is -2.56. The number of benzene rings is 1. The number of amides is 1. The molecule has 0 N–H and O–H groups in total. The highest BCUT2D eigenvalue weighted by Gasteiger charge is 2.51. The highest BCUT2D eigenvalue weighted by Crippen LogP contribution is 2.53. The van der Waals surface area contributed by atoms with Crippen LogP contribution in [0.2, 0.25) is 0 Å². The van der Waals surface area contributed by atoms with Gasteiger partial charge in [-0.05, 0) is 66.5 Å². The minimum Gasteiger partial charge on any atom is -0.487 e. The predicted molar refractivity (Wildman–Crippen MR) is 125 cm³/mol. The molecule has 8 nitrogen and oxygen atoms in total. The van der Waals surface area contributed by atoms with Gasteiger partial charge in [-0.25, -0.2) is 9.59 Å². The molecule has 0 unspecified atom stereocenters. The van der Waals surface area contributed by atoms with Crippen molar-refractivity contribution in [2.45, 2.75) is 77.8 Å². The van der Waals surface area contributed by atoms with E-state index in [1.54, 1.807) is 6.92 Å². The number of carbonyl (C=O) groups is 2. The van der Waals surface area contributed by atoms with Crippen molar-refractivity contribution < 1.29 is 33.3 Å². The molecule has 4 rings (SSSR count). The number of nitrogens with zero attached hydrogens (tertiary/aromatic N) is 1. The Morgan fingerprint density at radius 1 is 1.24 bits per heavy atom. The zero-order valence-electron chi connectivity index (χ0n) is 21.1. The molecule has 3 aliphatic heterocycles.